The Morgan fingerprint density at radius 1 is 1.75 bits per heavy atom. The molecule has 0 radical (unpaired) electrons. The molecule has 1 aromatic heterocycles. The van der Waals surface area contributed by atoms with Crippen LogP contribution in [-0.4, -0.2) is 16.2 Å². The van der Waals surface area contributed by atoms with Crippen LogP contribution in [-0.2, 0) is 4.79 Å². The molecule has 66 valence electrons. The lowest BCUT2D eigenvalue weighted by molar-refractivity contribution is -0.115. The minimum atomic E-state index is -0.0197. The first kappa shape index (κ1) is 10.1. The predicted molar refractivity (Wildman–Crippen MR) is 56.9 cm³/mol. The number of carbonyl (C=O) groups is 1. The average Bonchev–Trinajstić information content (AvgIpc) is 2.36. The Morgan fingerprint density at radius 3 is 3.00 bits per heavy atom. The highest BCUT2D eigenvalue weighted by Gasteiger charge is 2.03. The number of carbonyl (C=O) groups excluding carboxylic acids is 1. The van der Waals surface area contributed by atoms with E-state index in [-0.39, 0.29) is 5.91 Å². The maximum Gasteiger partial charge on any atom is 0.226 e. The van der Waals surface area contributed by atoms with Gasteiger partial charge in [0.05, 0.1) is 9.98 Å². The maximum absolute atomic E-state index is 11.0. The van der Waals surface area contributed by atoms with E-state index in [0.717, 1.165) is 3.79 Å². The molecule has 0 aliphatic carbocycles. The molecule has 0 saturated carbocycles. The lowest BCUT2D eigenvalue weighted by atomic mass is 10.5. The molecule has 12 heavy (non-hydrogen) atoms. The largest absolute Gasteiger partial charge is 0.302 e. The van der Waals surface area contributed by atoms with E-state index < -0.39 is 0 Å². The zero-order valence-electron chi connectivity index (χ0n) is 6.01. The minimum Gasteiger partial charge on any atom is -0.302 e. The Hall–Kier alpha value is 0.0600. The summed E-state index contributed by atoms with van der Waals surface area (Å²) in [6.07, 6.45) is 2.13. The van der Waals surface area contributed by atoms with Crippen molar-refractivity contribution in [2.45, 2.75) is 6.42 Å². The molecule has 0 atom stereocenters. The Kier molecular flexibility index (Phi) is 4.17. The lowest BCUT2D eigenvalue weighted by Crippen LogP contribution is -2.10. The summed E-state index contributed by atoms with van der Waals surface area (Å²) in [5, 5.41) is 3.98. The van der Waals surface area contributed by atoms with Crippen LogP contribution in [0.2, 0.25) is 0 Å². The van der Waals surface area contributed by atoms with Gasteiger partial charge in [-0.15, -0.1) is 0 Å². The summed E-state index contributed by atoms with van der Waals surface area (Å²) in [7, 11) is 0. The Bertz CT molecular complexity index is 276. The zero-order chi connectivity index (χ0) is 8.97. The quantitative estimate of drug-likeness (QED) is 0.872. The molecule has 0 aliphatic rings. The monoisotopic (exact) mass is 312 g/mol. The van der Waals surface area contributed by atoms with E-state index in [1.165, 1.54) is 11.3 Å². The van der Waals surface area contributed by atoms with E-state index in [4.69, 9.17) is 0 Å². The molecular weight excluding hydrogens is 308 g/mol. The fraction of sp³-hybridized carbons (Fsp3) is 0.333. The molecule has 1 N–H and O–H groups in total. The van der Waals surface area contributed by atoms with Crippen LogP contribution in [0.3, 0.4) is 0 Å². The summed E-state index contributed by atoms with van der Waals surface area (Å²) in [5.74, 6) is -0.0197. The van der Waals surface area contributed by atoms with Crippen molar-refractivity contribution in [1.82, 2.24) is 4.98 Å². The van der Waals surface area contributed by atoms with E-state index in [1.54, 1.807) is 6.20 Å². The number of hydrogen-bond acceptors (Lipinski definition) is 3. The molecule has 3 nitrogen and oxygen atoms in total. The van der Waals surface area contributed by atoms with Gasteiger partial charge in [0, 0.05) is 11.8 Å². The number of nitrogens with zero attached hydrogens (tertiary/aromatic N) is 1. The Morgan fingerprint density at radius 2 is 2.50 bits per heavy atom. The second kappa shape index (κ2) is 4.94. The molecule has 0 saturated heterocycles. The molecule has 0 bridgehead atoms. The van der Waals surface area contributed by atoms with Gasteiger partial charge in [0.2, 0.25) is 5.91 Å². The number of anilines is 1. The first-order chi connectivity index (χ1) is 5.72. The summed E-state index contributed by atoms with van der Waals surface area (Å²) in [5.41, 5.74) is 0. The van der Waals surface area contributed by atoms with Crippen molar-refractivity contribution in [2.75, 3.05) is 10.6 Å². The average molecular weight is 314 g/mol. The SMILES string of the molecule is O=C(CCBr)Nc1ncc(Br)s1. The molecule has 0 aromatic carbocycles. The first-order valence-corrected chi connectivity index (χ1v) is 5.92. The minimum absolute atomic E-state index is 0.0197. The van der Waals surface area contributed by atoms with Gasteiger partial charge in [-0.05, 0) is 15.9 Å². The molecule has 1 aromatic rings. The van der Waals surface area contributed by atoms with Gasteiger partial charge in [0.1, 0.15) is 0 Å². The van der Waals surface area contributed by atoms with Gasteiger partial charge in [-0.3, -0.25) is 4.79 Å². The van der Waals surface area contributed by atoms with Gasteiger partial charge < -0.3 is 5.32 Å². The lowest BCUT2D eigenvalue weighted by Gasteiger charge is -1.96. The van der Waals surface area contributed by atoms with E-state index >= 15 is 0 Å². The fourth-order valence-corrected chi connectivity index (χ4v) is 2.06. The third-order valence-corrected chi connectivity index (χ3v) is 2.83. The van der Waals surface area contributed by atoms with Gasteiger partial charge in [0.15, 0.2) is 5.13 Å². The number of alkyl halides is 1. The molecule has 1 amide bonds. The standard InChI is InChI=1S/C6H6Br2N2OS/c7-2-1-5(11)10-6-9-3-4(8)12-6/h3H,1-2H2,(H,9,10,11). The topological polar surface area (TPSA) is 42.0 Å². The van der Waals surface area contributed by atoms with Crippen molar-refractivity contribution < 1.29 is 4.79 Å². The molecule has 1 rings (SSSR count). The van der Waals surface area contributed by atoms with Crippen LogP contribution in [0.4, 0.5) is 5.13 Å². The third kappa shape index (κ3) is 3.20. The number of amides is 1. The third-order valence-electron chi connectivity index (χ3n) is 1.05. The van der Waals surface area contributed by atoms with Gasteiger partial charge in [-0.1, -0.05) is 27.3 Å². The predicted octanol–water partition coefficient (Wildman–Crippen LogP) is 2.63. The summed E-state index contributed by atoms with van der Waals surface area (Å²) in [6.45, 7) is 0. The first-order valence-electron chi connectivity index (χ1n) is 3.19. The zero-order valence-corrected chi connectivity index (χ0v) is 10.00. The van der Waals surface area contributed by atoms with Crippen molar-refractivity contribution in [3.63, 3.8) is 0 Å². The molecule has 0 aliphatic heterocycles. The number of thiazole rings is 1. The van der Waals surface area contributed by atoms with E-state index in [0.29, 0.717) is 16.9 Å². The van der Waals surface area contributed by atoms with Crippen LogP contribution < -0.4 is 5.32 Å². The molecule has 1 heterocycles. The number of hydrogen-bond donors (Lipinski definition) is 1. The van der Waals surface area contributed by atoms with Gasteiger partial charge >= 0.3 is 0 Å². The van der Waals surface area contributed by atoms with Crippen LogP contribution in [0.5, 0.6) is 0 Å². The van der Waals surface area contributed by atoms with Crippen LogP contribution in [0, 0.1) is 0 Å². The van der Waals surface area contributed by atoms with Crippen molar-refractivity contribution in [1.29, 1.82) is 0 Å². The number of nitrogens with one attached hydrogen (secondary N) is 1. The summed E-state index contributed by atoms with van der Waals surface area (Å²) < 4.78 is 0.914. The highest BCUT2D eigenvalue weighted by Crippen LogP contribution is 2.23. The summed E-state index contributed by atoms with van der Waals surface area (Å²) >= 11 is 7.84. The number of rotatable bonds is 3. The molecule has 6 heteroatoms. The molecule has 0 unspecified atom stereocenters. The van der Waals surface area contributed by atoms with Gasteiger partial charge in [-0.2, -0.15) is 0 Å². The Labute approximate surface area is 90.8 Å². The molecular formula is C6H6Br2N2OS. The van der Waals surface area contributed by atoms with Crippen molar-refractivity contribution in [3.05, 3.63) is 9.98 Å². The van der Waals surface area contributed by atoms with Gasteiger partial charge in [-0.25, -0.2) is 4.98 Å². The normalized spacial score (nSPS) is 9.83. The van der Waals surface area contributed by atoms with Crippen molar-refractivity contribution in [2.24, 2.45) is 0 Å². The second-order valence-corrected chi connectivity index (χ2v) is 5.16. The summed E-state index contributed by atoms with van der Waals surface area (Å²) in [4.78, 5) is 15.0. The molecule has 0 fully saturated rings. The smallest absolute Gasteiger partial charge is 0.226 e. The highest BCUT2D eigenvalue weighted by molar-refractivity contribution is 9.11. The second-order valence-electron chi connectivity index (χ2n) is 1.96. The summed E-state index contributed by atoms with van der Waals surface area (Å²) in [6, 6.07) is 0. The molecule has 0 spiro atoms. The maximum atomic E-state index is 11.0. The fourth-order valence-electron chi connectivity index (χ4n) is 0.580. The van der Waals surface area contributed by atoms with Gasteiger partial charge in [0.25, 0.3) is 0 Å². The van der Waals surface area contributed by atoms with E-state index in [1.807, 2.05) is 0 Å². The van der Waals surface area contributed by atoms with Crippen molar-refractivity contribution >= 4 is 54.2 Å². The van der Waals surface area contributed by atoms with Crippen LogP contribution >= 0.6 is 43.2 Å². The highest BCUT2D eigenvalue weighted by atomic mass is 79.9. The van der Waals surface area contributed by atoms with Crippen LogP contribution in [0.1, 0.15) is 6.42 Å². The number of aromatic nitrogens is 1. The van der Waals surface area contributed by atoms with Crippen LogP contribution in [0.25, 0.3) is 0 Å². The van der Waals surface area contributed by atoms with E-state index in [9.17, 15) is 4.79 Å². The van der Waals surface area contributed by atoms with E-state index in [2.05, 4.69) is 42.2 Å². The van der Waals surface area contributed by atoms with Crippen molar-refractivity contribution in [3.8, 4) is 0 Å². The van der Waals surface area contributed by atoms with Crippen LogP contribution in [0.15, 0.2) is 9.98 Å². The Balaban J connectivity index is 2.46. The number of halogens is 2.